The van der Waals surface area contributed by atoms with Gasteiger partial charge in [-0.3, -0.25) is 4.79 Å². The maximum absolute atomic E-state index is 13.0. The van der Waals surface area contributed by atoms with Gasteiger partial charge in [0.1, 0.15) is 0 Å². The highest BCUT2D eigenvalue weighted by Crippen LogP contribution is 2.41. The molecule has 1 aliphatic rings. The number of aliphatic imine (C=N–C) groups is 1. The van der Waals surface area contributed by atoms with Gasteiger partial charge < -0.3 is 4.90 Å². The summed E-state index contributed by atoms with van der Waals surface area (Å²) in [6, 6.07) is 6.37. The lowest BCUT2D eigenvalue weighted by Gasteiger charge is -2.27. The van der Waals surface area contributed by atoms with E-state index in [1.54, 1.807) is 0 Å². The summed E-state index contributed by atoms with van der Waals surface area (Å²) >= 11 is 0. The summed E-state index contributed by atoms with van der Waals surface area (Å²) < 4.78 is 64.2. The van der Waals surface area contributed by atoms with Gasteiger partial charge in [-0.25, -0.2) is 13.8 Å². The summed E-state index contributed by atoms with van der Waals surface area (Å²) in [4.78, 5) is 16.5. The molecule has 0 atom stereocenters. The van der Waals surface area contributed by atoms with Gasteiger partial charge in [-0.15, -0.1) is 0 Å². The molecule has 0 saturated heterocycles. The number of rotatable bonds is 2. The number of hydrogen-bond donors (Lipinski definition) is 0. The van der Waals surface area contributed by atoms with Crippen molar-refractivity contribution in [2.45, 2.75) is 12.6 Å². The van der Waals surface area contributed by atoms with Crippen LogP contribution in [0, 0.1) is 0 Å². The molecule has 0 amide bonds. The molecule has 0 bridgehead atoms. The van der Waals surface area contributed by atoms with Gasteiger partial charge in [0.15, 0.2) is 5.84 Å². The van der Waals surface area contributed by atoms with E-state index in [-0.39, 0.29) is 22.1 Å². The molecule has 0 fully saturated rings. The number of Topliss-reactive ketones (excluding diaryl/α,β-unsaturated/α-hetero) is 1. The Kier molecular flexibility index (Phi) is 3.35. The number of alkyl halides is 5. The molecule has 2 aromatic carbocycles. The smallest absolute Gasteiger partial charge is 0.328 e. The molecule has 3 nitrogen and oxygen atoms in total. The van der Waals surface area contributed by atoms with Gasteiger partial charge in [0.2, 0.25) is 0 Å². The van der Waals surface area contributed by atoms with Crippen LogP contribution in [0.5, 0.6) is 0 Å². The van der Waals surface area contributed by atoms with E-state index in [1.165, 1.54) is 25.2 Å². The number of anilines is 1. The lowest BCUT2D eigenvalue weighted by molar-refractivity contribution is -0.0884. The van der Waals surface area contributed by atoms with Gasteiger partial charge >= 0.3 is 6.18 Å². The van der Waals surface area contributed by atoms with E-state index in [4.69, 9.17) is 0 Å². The van der Waals surface area contributed by atoms with Crippen LogP contribution in [0.15, 0.2) is 35.3 Å². The van der Waals surface area contributed by atoms with Crippen LogP contribution in [0.2, 0.25) is 0 Å². The van der Waals surface area contributed by atoms with E-state index in [1.807, 2.05) is 0 Å². The number of ketones is 1. The molecule has 0 aromatic heterocycles. The average Bonchev–Trinajstić information content (AvgIpc) is 2.48. The second-order valence-electron chi connectivity index (χ2n) is 4.99. The van der Waals surface area contributed by atoms with Crippen molar-refractivity contribution < 1.29 is 26.7 Å². The normalized spacial score (nSPS) is 14.4. The molecule has 8 heteroatoms. The quantitative estimate of drug-likeness (QED) is 0.607. The minimum absolute atomic E-state index is 0.0336. The minimum atomic E-state index is -5.02. The first kappa shape index (κ1) is 15.4. The lowest BCUT2D eigenvalue weighted by Crippen LogP contribution is -2.34. The first-order chi connectivity index (χ1) is 10.7. The van der Waals surface area contributed by atoms with E-state index in [2.05, 4.69) is 4.99 Å². The molecular formula is C15H9F5N2O. The summed E-state index contributed by atoms with van der Waals surface area (Å²) in [7, 11) is 1.35. The second kappa shape index (κ2) is 5.00. The first-order valence-corrected chi connectivity index (χ1v) is 6.49. The van der Waals surface area contributed by atoms with Crippen LogP contribution >= 0.6 is 0 Å². The third-order valence-electron chi connectivity index (χ3n) is 3.63. The Morgan fingerprint density at radius 3 is 2.48 bits per heavy atom. The molecular weight excluding hydrogens is 319 g/mol. The van der Waals surface area contributed by atoms with Gasteiger partial charge in [0, 0.05) is 18.0 Å². The largest absolute Gasteiger partial charge is 0.454 e. The number of carbonyl (C=O) groups is 1. The van der Waals surface area contributed by atoms with Crippen molar-refractivity contribution in [1.29, 1.82) is 0 Å². The molecule has 2 aromatic rings. The fourth-order valence-electron chi connectivity index (χ4n) is 2.61. The molecule has 1 heterocycles. The number of halogens is 5. The maximum Gasteiger partial charge on any atom is 0.454 e. The number of hydrogen-bond acceptors (Lipinski definition) is 3. The summed E-state index contributed by atoms with van der Waals surface area (Å²) in [5, 5.41) is 0.278. The molecule has 0 radical (unpaired) electrons. The van der Waals surface area contributed by atoms with E-state index in [0.717, 1.165) is 17.0 Å². The molecule has 1 aliphatic heterocycles. The molecule has 0 spiro atoms. The van der Waals surface area contributed by atoms with E-state index in [9.17, 15) is 26.7 Å². The van der Waals surface area contributed by atoms with Crippen molar-refractivity contribution in [1.82, 2.24) is 0 Å². The second-order valence-corrected chi connectivity index (χ2v) is 4.99. The Bertz CT molecular complexity index is 842. The molecule has 3 rings (SSSR count). The summed E-state index contributed by atoms with van der Waals surface area (Å²) in [6.45, 7) is 0. The molecule has 0 unspecified atom stereocenters. The number of amidine groups is 1. The third-order valence-corrected chi connectivity index (χ3v) is 3.63. The highest BCUT2D eigenvalue weighted by molar-refractivity contribution is 6.20. The third kappa shape index (κ3) is 2.34. The zero-order valence-electron chi connectivity index (χ0n) is 11.7. The maximum atomic E-state index is 13.0. The van der Waals surface area contributed by atoms with Crippen LogP contribution in [0.3, 0.4) is 0 Å². The van der Waals surface area contributed by atoms with E-state index < -0.39 is 29.8 Å². The Labute approximate surface area is 127 Å². The molecule has 23 heavy (non-hydrogen) atoms. The van der Waals surface area contributed by atoms with Crippen LogP contribution < -0.4 is 4.90 Å². The van der Waals surface area contributed by atoms with Crippen LogP contribution in [-0.4, -0.2) is 31.3 Å². The zero-order valence-corrected chi connectivity index (χ0v) is 11.7. The van der Waals surface area contributed by atoms with Crippen molar-refractivity contribution >= 4 is 33.8 Å². The van der Waals surface area contributed by atoms with Crippen LogP contribution in [-0.2, 0) is 0 Å². The van der Waals surface area contributed by atoms with Crippen molar-refractivity contribution in [3.05, 3.63) is 35.9 Å². The first-order valence-electron chi connectivity index (χ1n) is 6.49. The Hall–Kier alpha value is -2.51. The molecule has 0 N–H and O–H groups in total. The highest BCUT2D eigenvalue weighted by Gasteiger charge is 2.40. The molecule has 0 aliphatic carbocycles. The fourth-order valence-corrected chi connectivity index (χ4v) is 2.61. The lowest BCUT2D eigenvalue weighted by atomic mass is 9.97. The van der Waals surface area contributed by atoms with Gasteiger partial charge in [0.25, 0.3) is 12.2 Å². The average molecular weight is 328 g/mol. The number of benzene rings is 2. The Morgan fingerprint density at radius 1 is 1.17 bits per heavy atom. The van der Waals surface area contributed by atoms with E-state index >= 15 is 0 Å². The van der Waals surface area contributed by atoms with E-state index in [0.29, 0.717) is 0 Å². The predicted molar refractivity (Wildman–Crippen MR) is 75.8 cm³/mol. The number of nitrogens with zero attached hydrogens (tertiary/aromatic N) is 2. The van der Waals surface area contributed by atoms with Crippen LogP contribution in [0.4, 0.5) is 33.3 Å². The predicted octanol–water partition coefficient (Wildman–Crippen LogP) is 4.33. The standard InChI is InChI=1S/C15H9F5N2O/c1-22-10-4-2-3-7-8(12(23)15(18,19)20)5-6-9(11(7)10)21-14(22)13(16)17/h2-6,13H,1H3. The Morgan fingerprint density at radius 2 is 1.87 bits per heavy atom. The summed E-state index contributed by atoms with van der Waals surface area (Å²) in [5.41, 5.74) is -0.135. The SMILES string of the molecule is CN1C(C(F)F)=Nc2ccc(C(=O)C(F)(F)F)c3cccc1c23. The zero-order chi connectivity index (χ0) is 16.9. The minimum Gasteiger partial charge on any atom is -0.328 e. The van der Waals surface area contributed by atoms with Gasteiger partial charge in [-0.1, -0.05) is 12.1 Å². The highest BCUT2D eigenvalue weighted by atomic mass is 19.4. The summed E-state index contributed by atoms with van der Waals surface area (Å²) in [6.07, 6.45) is -7.85. The van der Waals surface area contributed by atoms with Gasteiger partial charge in [0.05, 0.1) is 11.4 Å². The number of carbonyl (C=O) groups excluding carboxylic acids is 1. The van der Waals surface area contributed by atoms with Crippen molar-refractivity contribution in [2.24, 2.45) is 4.99 Å². The monoisotopic (exact) mass is 328 g/mol. The fraction of sp³-hybridized carbons (Fsp3) is 0.200. The van der Waals surface area contributed by atoms with Crippen LogP contribution in [0.25, 0.3) is 10.8 Å². The van der Waals surface area contributed by atoms with Crippen molar-refractivity contribution in [3.63, 3.8) is 0 Å². The molecule has 120 valence electrons. The van der Waals surface area contributed by atoms with Crippen molar-refractivity contribution in [2.75, 3.05) is 11.9 Å². The van der Waals surface area contributed by atoms with Gasteiger partial charge in [-0.2, -0.15) is 13.2 Å². The molecule has 0 saturated carbocycles. The van der Waals surface area contributed by atoms with Crippen molar-refractivity contribution in [3.8, 4) is 0 Å². The summed E-state index contributed by atoms with van der Waals surface area (Å²) in [5.74, 6) is -2.48. The van der Waals surface area contributed by atoms with Crippen LogP contribution in [0.1, 0.15) is 10.4 Å². The topological polar surface area (TPSA) is 32.7 Å². The van der Waals surface area contributed by atoms with Gasteiger partial charge in [-0.05, 0) is 23.6 Å². The Balaban J connectivity index is 2.31.